The van der Waals surface area contributed by atoms with Gasteiger partial charge in [-0.05, 0) is 37.4 Å². The van der Waals surface area contributed by atoms with E-state index in [0.29, 0.717) is 15.1 Å². The molecule has 0 radical (unpaired) electrons. The Morgan fingerprint density at radius 1 is 1.22 bits per heavy atom. The van der Waals surface area contributed by atoms with Gasteiger partial charge in [0.25, 0.3) is 0 Å². The van der Waals surface area contributed by atoms with Gasteiger partial charge in [-0.15, -0.1) is 0 Å². The van der Waals surface area contributed by atoms with Gasteiger partial charge in [0.1, 0.15) is 0 Å². The predicted molar refractivity (Wildman–Crippen MR) is 79.8 cm³/mol. The fraction of sp³-hybridized carbons (Fsp3) is 0.571. The molecule has 1 atom stereocenters. The zero-order valence-electron chi connectivity index (χ0n) is 10.5. The first-order valence-corrected chi connectivity index (χ1v) is 7.59. The Hall–Kier alpha value is 0.0500. The molecule has 0 bridgehead atoms. The standard InChI is InChI=1S/C14H18Cl3N/c1-9(18-8-7-10-3-2-4-10)11-5-6-12(15)14(17)13(11)16/h5-6,9-10,18H,2-4,7-8H2,1H3. The minimum absolute atomic E-state index is 0.201. The number of hydrogen-bond donors (Lipinski definition) is 1. The highest BCUT2D eigenvalue weighted by Gasteiger charge is 2.18. The molecule has 1 aromatic carbocycles. The number of nitrogens with one attached hydrogen (secondary N) is 1. The highest BCUT2D eigenvalue weighted by atomic mass is 35.5. The lowest BCUT2D eigenvalue weighted by Gasteiger charge is -2.26. The third-order valence-electron chi connectivity index (χ3n) is 3.76. The predicted octanol–water partition coefficient (Wildman–Crippen LogP) is 5.49. The van der Waals surface area contributed by atoms with E-state index in [1.165, 1.54) is 25.7 Å². The molecule has 0 aliphatic heterocycles. The largest absolute Gasteiger partial charge is 0.310 e. The second-order valence-corrected chi connectivity index (χ2v) is 6.19. The zero-order chi connectivity index (χ0) is 13.1. The fourth-order valence-electron chi connectivity index (χ4n) is 2.27. The lowest BCUT2D eigenvalue weighted by Crippen LogP contribution is -2.24. The molecule has 1 saturated carbocycles. The number of hydrogen-bond acceptors (Lipinski definition) is 1. The summed E-state index contributed by atoms with van der Waals surface area (Å²) in [7, 11) is 0. The third kappa shape index (κ3) is 3.33. The quantitative estimate of drug-likeness (QED) is 0.709. The van der Waals surface area contributed by atoms with Crippen LogP contribution in [-0.4, -0.2) is 6.54 Å². The van der Waals surface area contributed by atoms with Crippen LogP contribution < -0.4 is 5.32 Å². The Balaban J connectivity index is 1.91. The van der Waals surface area contributed by atoms with Crippen molar-refractivity contribution in [3.8, 4) is 0 Å². The Kier molecular flexibility index (Phi) is 5.20. The molecule has 0 amide bonds. The van der Waals surface area contributed by atoms with Crippen LogP contribution in [0.1, 0.15) is 44.2 Å². The Morgan fingerprint density at radius 2 is 1.94 bits per heavy atom. The topological polar surface area (TPSA) is 12.0 Å². The van der Waals surface area contributed by atoms with Gasteiger partial charge in [0.05, 0.1) is 15.1 Å². The Labute approximate surface area is 124 Å². The first-order chi connectivity index (χ1) is 8.59. The van der Waals surface area contributed by atoms with Gasteiger partial charge in [0, 0.05) is 6.04 Å². The van der Waals surface area contributed by atoms with Gasteiger partial charge in [-0.25, -0.2) is 0 Å². The van der Waals surface area contributed by atoms with E-state index in [0.717, 1.165) is 18.0 Å². The first kappa shape index (κ1) is 14.5. The van der Waals surface area contributed by atoms with Crippen LogP contribution in [-0.2, 0) is 0 Å². The van der Waals surface area contributed by atoms with Crippen LogP contribution in [0.2, 0.25) is 15.1 Å². The van der Waals surface area contributed by atoms with Crippen LogP contribution in [0.4, 0.5) is 0 Å². The van der Waals surface area contributed by atoms with Gasteiger partial charge < -0.3 is 5.32 Å². The maximum absolute atomic E-state index is 6.22. The fourth-order valence-corrected chi connectivity index (χ4v) is 2.98. The molecule has 0 aromatic heterocycles. The molecule has 4 heteroatoms. The van der Waals surface area contributed by atoms with E-state index in [9.17, 15) is 0 Å². The molecule has 18 heavy (non-hydrogen) atoms. The van der Waals surface area contributed by atoms with Gasteiger partial charge in [0.15, 0.2) is 0 Å². The second-order valence-electron chi connectivity index (χ2n) is 5.03. The minimum atomic E-state index is 0.201. The molecule has 1 unspecified atom stereocenters. The molecule has 0 saturated heterocycles. The molecular formula is C14H18Cl3N. The summed E-state index contributed by atoms with van der Waals surface area (Å²) in [5.41, 5.74) is 1.01. The Morgan fingerprint density at radius 3 is 2.56 bits per heavy atom. The molecular weight excluding hydrogens is 289 g/mol. The van der Waals surface area contributed by atoms with Gasteiger partial charge in [0.2, 0.25) is 0 Å². The molecule has 2 rings (SSSR count). The van der Waals surface area contributed by atoms with E-state index in [2.05, 4.69) is 12.2 Å². The summed E-state index contributed by atoms with van der Waals surface area (Å²) < 4.78 is 0. The van der Waals surface area contributed by atoms with Crippen LogP contribution in [0.25, 0.3) is 0 Å². The summed E-state index contributed by atoms with van der Waals surface area (Å²) in [4.78, 5) is 0. The number of benzene rings is 1. The molecule has 1 aliphatic carbocycles. The van der Waals surface area contributed by atoms with Gasteiger partial charge in [-0.3, -0.25) is 0 Å². The van der Waals surface area contributed by atoms with E-state index >= 15 is 0 Å². The first-order valence-electron chi connectivity index (χ1n) is 6.46. The average Bonchev–Trinajstić information content (AvgIpc) is 2.29. The third-order valence-corrected chi connectivity index (χ3v) is 5.07. The highest BCUT2D eigenvalue weighted by molar-refractivity contribution is 6.48. The number of halogens is 3. The summed E-state index contributed by atoms with van der Waals surface area (Å²) in [6.07, 6.45) is 5.44. The molecule has 1 nitrogen and oxygen atoms in total. The molecule has 100 valence electrons. The van der Waals surface area contributed by atoms with E-state index in [4.69, 9.17) is 34.8 Å². The van der Waals surface area contributed by atoms with Crippen molar-refractivity contribution in [1.82, 2.24) is 5.32 Å². The summed E-state index contributed by atoms with van der Waals surface area (Å²) in [5, 5.41) is 5.02. The van der Waals surface area contributed by atoms with Gasteiger partial charge in [-0.2, -0.15) is 0 Å². The maximum Gasteiger partial charge on any atom is 0.0781 e. The van der Waals surface area contributed by atoms with Crippen molar-refractivity contribution in [2.75, 3.05) is 6.54 Å². The molecule has 1 N–H and O–H groups in total. The lowest BCUT2D eigenvalue weighted by molar-refractivity contribution is 0.288. The van der Waals surface area contributed by atoms with Crippen molar-refractivity contribution >= 4 is 34.8 Å². The number of rotatable bonds is 5. The van der Waals surface area contributed by atoms with Crippen LogP contribution in [0.15, 0.2) is 12.1 Å². The molecule has 0 spiro atoms. The van der Waals surface area contributed by atoms with Crippen molar-refractivity contribution in [3.63, 3.8) is 0 Å². The van der Waals surface area contributed by atoms with Crippen molar-refractivity contribution < 1.29 is 0 Å². The second kappa shape index (κ2) is 6.47. The zero-order valence-corrected chi connectivity index (χ0v) is 12.7. The van der Waals surface area contributed by atoms with Crippen LogP contribution in [0.5, 0.6) is 0 Å². The van der Waals surface area contributed by atoms with Crippen molar-refractivity contribution in [1.29, 1.82) is 0 Å². The Bertz CT molecular complexity index is 416. The van der Waals surface area contributed by atoms with E-state index < -0.39 is 0 Å². The monoisotopic (exact) mass is 305 g/mol. The van der Waals surface area contributed by atoms with Gasteiger partial charge in [-0.1, -0.05) is 60.1 Å². The minimum Gasteiger partial charge on any atom is -0.310 e. The van der Waals surface area contributed by atoms with Crippen molar-refractivity contribution in [2.24, 2.45) is 5.92 Å². The highest BCUT2D eigenvalue weighted by Crippen LogP contribution is 2.35. The van der Waals surface area contributed by atoms with Crippen LogP contribution in [0.3, 0.4) is 0 Å². The molecule has 1 aliphatic rings. The van der Waals surface area contributed by atoms with Gasteiger partial charge >= 0.3 is 0 Å². The summed E-state index contributed by atoms with van der Waals surface area (Å²) in [6.45, 7) is 3.13. The molecule has 1 aromatic rings. The van der Waals surface area contributed by atoms with Crippen LogP contribution in [0, 0.1) is 5.92 Å². The summed E-state index contributed by atoms with van der Waals surface area (Å²) in [6, 6.07) is 3.94. The average molecular weight is 307 g/mol. The van der Waals surface area contributed by atoms with E-state index in [1.807, 2.05) is 6.07 Å². The maximum atomic E-state index is 6.22. The molecule has 1 fully saturated rings. The SMILES string of the molecule is CC(NCCC1CCC1)c1ccc(Cl)c(Cl)c1Cl. The molecule has 0 heterocycles. The van der Waals surface area contributed by atoms with Crippen molar-refractivity contribution in [3.05, 3.63) is 32.8 Å². The van der Waals surface area contributed by atoms with E-state index in [-0.39, 0.29) is 6.04 Å². The smallest absolute Gasteiger partial charge is 0.0781 e. The van der Waals surface area contributed by atoms with Crippen LogP contribution >= 0.6 is 34.8 Å². The normalized spacial score (nSPS) is 17.6. The summed E-state index contributed by atoms with van der Waals surface area (Å²) in [5.74, 6) is 0.925. The summed E-state index contributed by atoms with van der Waals surface area (Å²) >= 11 is 18.2. The lowest BCUT2D eigenvalue weighted by atomic mass is 9.83. The van der Waals surface area contributed by atoms with E-state index in [1.54, 1.807) is 6.07 Å². The van der Waals surface area contributed by atoms with Crippen molar-refractivity contribution in [2.45, 2.75) is 38.6 Å².